The van der Waals surface area contributed by atoms with E-state index < -0.39 is 0 Å². The van der Waals surface area contributed by atoms with E-state index in [4.69, 9.17) is 18.9 Å². The molecule has 0 bridgehead atoms. The summed E-state index contributed by atoms with van der Waals surface area (Å²) in [5, 5.41) is 0. The zero-order valence-electron chi connectivity index (χ0n) is 25.0. The Hall–Kier alpha value is -5.42. The van der Waals surface area contributed by atoms with E-state index in [1.54, 1.807) is 14.2 Å². The Morgan fingerprint density at radius 1 is 0.477 bits per heavy atom. The molecule has 0 unspecified atom stereocenters. The van der Waals surface area contributed by atoms with Gasteiger partial charge in [0.25, 0.3) is 0 Å². The highest BCUT2D eigenvalue weighted by Crippen LogP contribution is 2.36. The first-order chi connectivity index (χ1) is 21.7. The highest BCUT2D eigenvalue weighted by atomic mass is 16.5. The van der Waals surface area contributed by atoms with Crippen LogP contribution in [0.15, 0.2) is 140 Å². The molecule has 5 aromatic carbocycles. The third-order valence-electron chi connectivity index (χ3n) is 7.53. The largest absolute Gasteiger partial charge is 0.497 e. The molecule has 220 valence electrons. The van der Waals surface area contributed by atoms with Gasteiger partial charge in [0.2, 0.25) is 0 Å². The maximum atomic E-state index is 6.34. The van der Waals surface area contributed by atoms with E-state index in [0.717, 1.165) is 61.9 Å². The van der Waals surface area contributed by atoms with Crippen LogP contribution in [-0.2, 0) is 19.8 Å². The molecule has 0 aliphatic carbocycles. The van der Waals surface area contributed by atoms with Crippen molar-refractivity contribution in [3.8, 4) is 45.3 Å². The van der Waals surface area contributed by atoms with Gasteiger partial charge in [0.05, 0.1) is 14.2 Å². The van der Waals surface area contributed by atoms with Gasteiger partial charge in [-0.1, -0.05) is 91.0 Å². The van der Waals surface area contributed by atoms with Gasteiger partial charge >= 0.3 is 0 Å². The molecule has 5 nitrogen and oxygen atoms in total. The normalized spacial score (nSPS) is 10.8. The second-order valence-electron chi connectivity index (χ2n) is 10.5. The van der Waals surface area contributed by atoms with E-state index in [1.807, 2.05) is 66.7 Å². The molecule has 0 aliphatic heterocycles. The zero-order chi connectivity index (χ0) is 30.1. The van der Waals surface area contributed by atoms with Crippen LogP contribution in [0.3, 0.4) is 0 Å². The molecular formula is C39H35NO4. The molecule has 5 heteroatoms. The first-order valence-electron chi connectivity index (χ1n) is 14.6. The Labute approximate surface area is 258 Å². The van der Waals surface area contributed by atoms with Gasteiger partial charge in [0.15, 0.2) is 11.5 Å². The molecule has 6 rings (SSSR count). The van der Waals surface area contributed by atoms with Crippen LogP contribution >= 0.6 is 0 Å². The summed E-state index contributed by atoms with van der Waals surface area (Å²) in [5.74, 6) is 3.10. The van der Waals surface area contributed by atoms with Gasteiger partial charge < -0.3 is 23.5 Å². The molecule has 0 atom stereocenters. The molecule has 0 aliphatic rings. The van der Waals surface area contributed by atoms with Crippen molar-refractivity contribution < 1.29 is 18.9 Å². The summed E-state index contributed by atoms with van der Waals surface area (Å²) in [5.41, 5.74) is 7.83. The van der Waals surface area contributed by atoms with Crippen LogP contribution in [0.1, 0.15) is 16.7 Å². The molecule has 0 radical (unpaired) electrons. The van der Waals surface area contributed by atoms with E-state index in [-0.39, 0.29) is 0 Å². The predicted molar refractivity (Wildman–Crippen MR) is 175 cm³/mol. The van der Waals surface area contributed by atoms with Crippen molar-refractivity contribution in [1.82, 2.24) is 4.57 Å². The van der Waals surface area contributed by atoms with Gasteiger partial charge in [-0.05, 0) is 64.2 Å². The van der Waals surface area contributed by atoms with Crippen molar-refractivity contribution in [1.29, 1.82) is 0 Å². The number of hydrogen-bond donors (Lipinski definition) is 0. The first-order valence-corrected chi connectivity index (χ1v) is 14.6. The van der Waals surface area contributed by atoms with Crippen molar-refractivity contribution in [3.05, 3.63) is 156 Å². The average molecular weight is 582 g/mol. The van der Waals surface area contributed by atoms with Crippen LogP contribution < -0.4 is 18.9 Å². The summed E-state index contributed by atoms with van der Waals surface area (Å²) >= 11 is 0. The van der Waals surface area contributed by atoms with Gasteiger partial charge in [0.1, 0.15) is 24.7 Å². The number of methoxy groups -OCH3 is 2. The summed E-state index contributed by atoms with van der Waals surface area (Å²) < 4.78 is 25.6. The maximum absolute atomic E-state index is 6.34. The number of nitrogens with zero attached hydrogens (tertiary/aromatic N) is 1. The number of rotatable bonds is 12. The monoisotopic (exact) mass is 581 g/mol. The molecule has 1 aromatic heterocycles. The standard InChI is InChI=1S/C39H35NO4/c1-41-34-18-14-32(15-19-34)36-25-40(26-37(36)33-16-20-35(42-2)21-17-33)24-31-13-22-38(43-27-29-9-5-3-6-10-29)39(23-31)44-28-30-11-7-4-8-12-30/h3-23,25-26H,24,27-28H2,1-2H3. The second kappa shape index (κ2) is 13.7. The average Bonchev–Trinajstić information content (AvgIpc) is 3.51. The summed E-state index contributed by atoms with van der Waals surface area (Å²) in [6.07, 6.45) is 4.40. The fourth-order valence-corrected chi connectivity index (χ4v) is 5.16. The Kier molecular flexibility index (Phi) is 8.93. The third kappa shape index (κ3) is 6.96. The third-order valence-corrected chi connectivity index (χ3v) is 7.53. The van der Waals surface area contributed by atoms with Gasteiger partial charge in [-0.3, -0.25) is 0 Å². The van der Waals surface area contributed by atoms with Crippen LogP contribution in [0.2, 0.25) is 0 Å². The minimum atomic E-state index is 0.457. The number of hydrogen-bond acceptors (Lipinski definition) is 4. The Balaban J connectivity index is 1.30. The number of aromatic nitrogens is 1. The Bertz CT molecular complexity index is 1710. The van der Waals surface area contributed by atoms with Crippen LogP contribution in [0.25, 0.3) is 22.3 Å². The van der Waals surface area contributed by atoms with Gasteiger partial charge in [-0.25, -0.2) is 0 Å². The Morgan fingerprint density at radius 3 is 1.43 bits per heavy atom. The molecule has 0 saturated heterocycles. The second-order valence-corrected chi connectivity index (χ2v) is 10.5. The van der Waals surface area contributed by atoms with Crippen LogP contribution in [-0.4, -0.2) is 18.8 Å². The first kappa shape index (κ1) is 28.7. The smallest absolute Gasteiger partial charge is 0.162 e. The van der Waals surface area contributed by atoms with Crippen LogP contribution in [0.4, 0.5) is 0 Å². The maximum Gasteiger partial charge on any atom is 0.162 e. The minimum Gasteiger partial charge on any atom is -0.497 e. The van der Waals surface area contributed by atoms with Crippen LogP contribution in [0.5, 0.6) is 23.0 Å². The van der Waals surface area contributed by atoms with Crippen LogP contribution in [0, 0.1) is 0 Å². The highest BCUT2D eigenvalue weighted by molar-refractivity contribution is 5.83. The van der Waals surface area contributed by atoms with E-state index in [1.165, 1.54) is 0 Å². The van der Waals surface area contributed by atoms with Crippen molar-refractivity contribution in [2.24, 2.45) is 0 Å². The van der Waals surface area contributed by atoms with Gasteiger partial charge in [-0.15, -0.1) is 0 Å². The SMILES string of the molecule is COc1ccc(-c2cn(Cc3ccc(OCc4ccccc4)c(OCc4ccccc4)c3)cc2-c2ccc(OC)cc2)cc1. The van der Waals surface area contributed by atoms with Crippen molar-refractivity contribution in [3.63, 3.8) is 0 Å². The molecule has 44 heavy (non-hydrogen) atoms. The highest BCUT2D eigenvalue weighted by Gasteiger charge is 2.14. The molecule has 1 heterocycles. The molecule has 0 N–H and O–H groups in total. The number of benzene rings is 5. The zero-order valence-corrected chi connectivity index (χ0v) is 25.0. The van der Waals surface area contributed by atoms with E-state index in [0.29, 0.717) is 19.8 Å². The summed E-state index contributed by atoms with van der Waals surface area (Å²) in [7, 11) is 3.37. The van der Waals surface area contributed by atoms with Gasteiger partial charge in [-0.2, -0.15) is 0 Å². The molecular weight excluding hydrogens is 546 g/mol. The van der Waals surface area contributed by atoms with Gasteiger partial charge in [0, 0.05) is 30.1 Å². The summed E-state index contributed by atoms with van der Waals surface area (Å²) in [6.45, 7) is 1.59. The molecule has 0 spiro atoms. The van der Waals surface area contributed by atoms with Crippen molar-refractivity contribution in [2.45, 2.75) is 19.8 Å². The lowest BCUT2D eigenvalue weighted by Gasteiger charge is -2.15. The molecule has 0 fully saturated rings. The summed E-state index contributed by atoms with van der Waals surface area (Å²) in [6, 6.07) is 42.9. The van der Waals surface area contributed by atoms with E-state index in [2.05, 4.69) is 77.6 Å². The molecule has 0 amide bonds. The fraction of sp³-hybridized carbons (Fsp3) is 0.128. The Morgan fingerprint density at radius 2 is 0.955 bits per heavy atom. The quantitative estimate of drug-likeness (QED) is 0.145. The lowest BCUT2D eigenvalue weighted by Crippen LogP contribution is -2.03. The lowest BCUT2D eigenvalue weighted by atomic mass is 9.99. The molecule has 6 aromatic rings. The van der Waals surface area contributed by atoms with Crippen molar-refractivity contribution >= 4 is 0 Å². The molecule has 0 saturated carbocycles. The summed E-state index contributed by atoms with van der Waals surface area (Å²) in [4.78, 5) is 0. The van der Waals surface area contributed by atoms with E-state index >= 15 is 0 Å². The predicted octanol–water partition coefficient (Wildman–Crippen LogP) is 9.05. The topological polar surface area (TPSA) is 41.9 Å². The lowest BCUT2D eigenvalue weighted by molar-refractivity contribution is 0.255. The minimum absolute atomic E-state index is 0.457. The van der Waals surface area contributed by atoms with E-state index in [9.17, 15) is 0 Å². The fourth-order valence-electron chi connectivity index (χ4n) is 5.16. The number of ether oxygens (including phenoxy) is 4. The van der Waals surface area contributed by atoms with Crippen molar-refractivity contribution in [2.75, 3.05) is 14.2 Å².